The highest BCUT2D eigenvalue weighted by molar-refractivity contribution is 6.30. The van der Waals surface area contributed by atoms with Crippen molar-refractivity contribution < 1.29 is 19.1 Å². The average Bonchev–Trinajstić information content (AvgIpc) is 3.08. The minimum absolute atomic E-state index is 0.00555. The molecule has 27 heavy (non-hydrogen) atoms. The minimum atomic E-state index is -0.478. The molecular formula is C19H26ClN3O4. The number of piperazine rings is 1. The summed E-state index contributed by atoms with van der Waals surface area (Å²) in [5.74, 6) is 0.754. The molecule has 2 amide bonds. The number of amides is 2. The van der Waals surface area contributed by atoms with Gasteiger partial charge in [-0.05, 0) is 30.2 Å². The van der Waals surface area contributed by atoms with Crippen LogP contribution in [0.1, 0.15) is 12.0 Å². The van der Waals surface area contributed by atoms with Gasteiger partial charge in [0.05, 0.1) is 6.54 Å². The van der Waals surface area contributed by atoms with E-state index < -0.39 is 6.10 Å². The fraction of sp³-hybridized carbons (Fsp3) is 0.579. The first-order valence-electron chi connectivity index (χ1n) is 9.28. The van der Waals surface area contributed by atoms with Gasteiger partial charge in [-0.2, -0.15) is 0 Å². The van der Waals surface area contributed by atoms with Crippen molar-refractivity contribution in [2.45, 2.75) is 18.9 Å². The number of carbonyl (C=O) groups excluding carboxylic acids is 2. The van der Waals surface area contributed by atoms with E-state index >= 15 is 0 Å². The molecule has 148 valence electrons. The second-order valence-electron chi connectivity index (χ2n) is 6.86. The Balaban J connectivity index is 1.40. The van der Waals surface area contributed by atoms with E-state index in [4.69, 9.17) is 21.1 Å². The highest BCUT2D eigenvalue weighted by atomic mass is 35.5. The second kappa shape index (κ2) is 9.39. The summed E-state index contributed by atoms with van der Waals surface area (Å²) in [5.41, 5.74) is 0.977. The molecule has 1 aromatic carbocycles. The molecular weight excluding hydrogens is 370 g/mol. The van der Waals surface area contributed by atoms with Gasteiger partial charge in [0.2, 0.25) is 5.91 Å². The van der Waals surface area contributed by atoms with Gasteiger partial charge in [0.1, 0.15) is 5.75 Å². The smallest absolute Gasteiger partial charge is 0.264 e. The highest BCUT2D eigenvalue weighted by Gasteiger charge is 2.34. The van der Waals surface area contributed by atoms with Crippen LogP contribution >= 0.6 is 11.6 Å². The number of halogens is 1. The van der Waals surface area contributed by atoms with Crippen molar-refractivity contribution >= 4 is 23.4 Å². The maximum absolute atomic E-state index is 12.7. The fourth-order valence-corrected chi connectivity index (χ4v) is 3.58. The number of fused-ring (bicyclic) bond motifs is 1. The Labute approximate surface area is 164 Å². The van der Waals surface area contributed by atoms with E-state index in [0.717, 1.165) is 17.7 Å². The topological polar surface area (TPSA) is 71.1 Å². The van der Waals surface area contributed by atoms with Gasteiger partial charge in [0.15, 0.2) is 6.10 Å². The number of carbonyl (C=O) groups is 2. The van der Waals surface area contributed by atoms with Crippen LogP contribution in [0.15, 0.2) is 18.2 Å². The lowest BCUT2D eigenvalue weighted by Gasteiger charge is -2.35. The van der Waals surface area contributed by atoms with Crippen molar-refractivity contribution in [2.24, 2.45) is 0 Å². The van der Waals surface area contributed by atoms with Crippen LogP contribution in [0.3, 0.4) is 0 Å². The van der Waals surface area contributed by atoms with Crippen molar-refractivity contribution in [1.82, 2.24) is 15.1 Å². The van der Waals surface area contributed by atoms with Gasteiger partial charge in [-0.1, -0.05) is 11.6 Å². The van der Waals surface area contributed by atoms with Crippen LogP contribution in [0.2, 0.25) is 5.02 Å². The lowest BCUT2D eigenvalue weighted by molar-refractivity contribution is -0.139. The molecule has 0 saturated carbocycles. The van der Waals surface area contributed by atoms with Crippen LogP contribution < -0.4 is 10.1 Å². The number of hydrogen-bond acceptors (Lipinski definition) is 5. The molecule has 0 aliphatic carbocycles. The Morgan fingerprint density at radius 1 is 1.30 bits per heavy atom. The predicted molar refractivity (Wildman–Crippen MR) is 102 cm³/mol. The quantitative estimate of drug-likeness (QED) is 0.696. The third-order valence-electron chi connectivity index (χ3n) is 4.87. The van der Waals surface area contributed by atoms with E-state index in [1.807, 2.05) is 17.0 Å². The van der Waals surface area contributed by atoms with Gasteiger partial charge < -0.3 is 19.7 Å². The summed E-state index contributed by atoms with van der Waals surface area (Å²) in [7, 11) is 1.65. The zero-order valence-electron chi connectivity index (χ0n) is 15.6. The Morgan fingerprint density at radius 3 is 2.81 bits per heavy atom. The Kier molecular flexibility index (Phi) is 6.93. The Morgan fingerprint density at radius 2 is 2.07 bits per heavy atom. The summed E-state index contributed by atoms with van der Waals surface area (Å²) in [5, 5.41) is 3.54. The number of benzene rings is 1. The molecule has 1 fully saturated rings. The molecule has 1 aromatic rings. The van der Waals surface area contributed by atoms with Gasteiger partial charge in [-0.15, -0.1) is 0 Å². The predicted octanol–water partition coefficient (Wildman–Crippen LogP) is 0.940. The summed E-state index contributed by atoms with van der Waals surface area (Å²) in [6, 6.07) is 5.44. The molecule has 0 radical (unpaired) electrons. The first-order valence-corrected chi connectivity index (χ1v) is 9.66. The first-order chi connectivity index (χ1) is 13.1. The van der Waals surface area contributed by atoms with E-state index in [-0.39, 0.29) is 11.8 Å². The monoisotopic (exact) mass is 395 g/mol. The van der Waals surface area contributed by atoms with Gasteiger partial charge in [0.25, 0.3) is 5.91 Å². The maximum Gasteiger partial charge on any atom is 0.264 e. The van der Waals surface area contributed by atoms with Gasteiger partial charge in [-0.25, -0.2) is 0 Å². The van der Waals surface area contributed by atoms with Crippen molar-refractivity contribution in [3.05, 3.63) is 28.8 Å². The third-order valence-corrected chi connectivity index (χ3v) is 5.11. The molecule has 7 nitrogen and oxygen atoms in total. The van der Waals surface area contributed by atoms with Crippen LogP contribution in [0, 0.1) is 0 Å². The normalized spacial score (nSPS) is 19.5. The number of methoxy groups -OCH3 is 1. The molecule has 0 spiro atoms. The zero-order valence-corrected chi connectivity index (χ0v) is 16.3. The summed E-state index contributed by atoms with van der Waals surface area (Å²) in [4.78, 5) is 28.6. The van der Waals surface area contributed by atoms with E-state index in [0.29, 0.717) is 57.3 Å². The number of rotatable bonds is 7. The SMILES string of the molecule is COCCCNC(=O)CN1CCN(C(=O)[C@@H]2Cc3cc(Cl)ccc3O2)CC1. The highest BCUT2D eigenvalue weighted by Crippen LogP contribution is 2.31. The fourth-order valence-electron chi connectivity index (χ4n) is 3.39. The zero-order chi connectivity index (χ0) is 19.2. The molecule has 2 aliphatic rings. The molecule has 3 rings (SSSR count). The van der Waals surface area contributed by atoms with Crippen LogP contribution in [0.4, 0.5) is 0 Å². The number of nitrogens with one attached hydrogen (secondary N) is 1. The van der Waals surface area contributed by atoms with Gasteiger partial charge in [-0.3, -0.25) is 14.5 Å². The largest absolute Gasteiger partial charge is 0.480 e. The van der Waals surface area contributed by atoms with Crippen LogP contribution in [0.5, 0.6) is 5.75 Å². The maximum atomic E-state index is 12.7. The van der Waals surface area contributed by atoms with Crippen molar-refractivity contribution in [1.29, 1.82) is 0 Å². The lowest BCUT2D eigenvalue weighted by Crippen LogP contribution is -2.53. The van der Waals surface area contributed by atoms with Crippen LogP contribution in [-0.2, 0) is 20.7 Å². The van der Waals surface area contributed by atoms with Crippen LogP contribution in [0.25, 0.3) is 0 Å². The minimum Gasteiger partial charge on any atom is -0.480 e. The molecule has 2 heterocycles. The first kappa shape index (κ1) is 19.9. The molecule has 2 aliphatic heterocycles. The summed E-state index contributed by atoms with van der Waals surface area (Å²) in [6.45, 7) is 4.19. The van der Waals surface area contributed by atoms with Crippen molar-refractivity contribution in [3.63, 3.8) is 0 Å². The summed E-state index contributed by atoms with van der Waals surface area (Å²) < 4.78 is 10.8. The Hall–Kier alpha value is -1.83. The number of nitrogens with zero attached hydrogens (tertiary/aromatic N) is 2. The average molecular weight is 396 g/mol. The lowest BCUT2D eigenvalue weighted by atomic mass is 10.1. The van der Waals surface area contributed by atoms with Crippen LogP contribution in [-0.4, -0.2) is 80.7 Å². The molecule has 0 aromatic heterocycles. The van der Waals surface area contributed by atoms with E-state index in [1.54, 1.807) is 13.2 Å². The van der Waals surface area contributed by atoms with Gasteiger partial charge in [0, 0.05) is 57.9 Å². The molecule has 1 saturated heterocycles. The number of ether oxygens (including phenoxy) is 2. The molecule has 1 atom stereocenters. The molecule has 0 bridgehead atoms. The Bertz CT molecular complexity index is 677. The van der Waals surface area contributed by atoms with Crippen molar-refractivity contribution in [2.75, 3.05) is 53.0 Å². The van der Waals surface area contributed by atoms with E-state index in [2.05, 4.69) is 10.2 Å². The number of hydrogen-bond donors (Lipinski definition) is 1. The third kappa shape index (κ3) is 5.34. The van der Waals surface area contributed by atoms with E-state index in [1.165, 1.54) is 0 Å². The standard InChI is InChI=1S/C19H26ClN3O4/c1-26-10-2-5-21-18(24)13-22-6-8-23(9-7-22)19(25)17-12-14-11-15(20)3-4-16(14)27-17/h3-4,11,17H,2,5-10,12-13H2,1H3,(H,21,24)/t17-/m0/s1. The van der Waals surface area contributed by atoms with E-state index in [9.17, 15) is 9.59 Å². The van der Waals surface area contributed by atoms with Gasteiger partial charge >= 0.3 is 0 Å². The second-order valence-corrected chi connectivity index (χ2v) is 7.30. The molecule has 0 unspecified atom stereocenters. The summed E-state index contributed by atoms with van der Waals surface area (Å²) >= 11 is 6.01. The van der Waals surface area contributed by atoms with Crippen molar-refractivity contribution in [3.8, 4) is 5.75 Å². The molecule has 1 N–H and O–H groups in total. The summed E-state index contributed by atoms with van der Waals surface area (Å²) in [6.07, 6.45) is 0.882. The molecule has 8 heteroatoms.